The fraction of sp³-hybridized carbons (Fsp3) is 0.383. The average Bonchev–Trinajstić information content (AvgIpc) is 3.64. The van der Waals surface area contributed by atoms with Crippen LogP contribution in [0.15, 0.2) is 106 Å². The zero-order chi connectivity index (χ0) is 34.8. The van der Waals surface area contributed by atoms with Gasteiger partial charge in [-0.15, -0.1) is 0 Å². The van der Waals surface area contributed by atoms with Crippen LogP contribution in [0.1, 0.15) is 138 Å². The summed E-state index contributed by atoms with van der Waals surface area (Å²) in [4.78, 5) is 0. The number of hydrogen-bond donors (Lipinski definition) is 0. The second-order valence-corrected chi connectivity index (χ2v) is 27.5. The second-order valence-electron chi connectivity index (χ2n) is 18.3. The zero-order valence-electron chi connectivity index (χ0n) is 32.4. The van der Waals surface area contributed by atoms with Crippen molar-refractivity contribution < 1.29 is 45.8 Å². The van der Waals surface area contributed by atoms with Gasteiger partial charge in [-0.2, -0.15) is 0 Å². The van der Waals surface area contributed by atoms with Gasteiger partial charge in [0.25, 0.3) is 0 Å². The second kappa shape index (κ2) is 14.6. The maximum Gasteiger partial charge on any atom is -1.00 e. The van der Waals surface area contributed by atoms with Crippen LogP contribution in [0.2, 0.25) is 0 Å². The van der Waals surface area contributed by atoms with Gasteiger partial charge in [-0.1, -0.05) is 0 Å². The molecule has 0 atom stereocenters. The first-order valence-electron chi connectivity index (χ1n) is 18.0. The van der Waals surface area contributed by atoms with Crippen LogP contribution >= 0.6 is 0 Å². The van der Waals surface area contributed by atoms with Gasteiger partial charge in [0.15, 0.2) is 0 Å². The summed E-state index contributed by atoms with van der Waals surface area (Å²) in [6.07, 6.45) is 8.31. The predicted molar refractivity (Wildman–Crippen MR) is 206 cm³/mol. The molecule has 0 nitrogen and oxygen atoms in total. The zero-order valence-corrected chi connectivity index (χ0v) is 37.5. The first-order chi connectivity index (χ1) is 22.3. The molecule has 2 aliphatic carbocycles. The van der Waals surface area contributed by atoms with Crippen LogP contribution in [0.3, 0.4) is 0 Å². The van der Waals surface area contributed by atoms with Crippen molar-refractivity contribution in [2.24, 2.45) is 0 Å². The van der Waals surface area contributed by atoms with E-state index >= 15 is 0 Å². The summed E-state index contributed by atoms with van der Waals surface area (Å²) >= 11 is -3.05. The van der Waals surface area contributed by atoms with Gasteiger partial charge in [-0.25, -0.2) is 0 Å². The number of hydrogen-bond acceptors (Lipinski definition) is 0. The van der Waals surface area contributed by atoms with Crippen molar-refractivity contribution in [1.82, 2.24) is 0 Å². The SMILES string of the molecule is CC(C)(C)c1ccc([C](c2ccc(C(C)(C)C)cc2)=[Hf+2]([C]2=CC=CC2)[CH]2c3cc(C(C)(C)C)ccc3-c3ccc(C(C)(C)C)cc32)cc1.[Cl-].[Cl-]. The third-order valence-corrected chi connectivity index (χ3v) is 22.6. The van der Waals surface area contributed by atoms with Crippen molar-refractivity contribution in [2.75, 3.05) is 0 Å². The molecule has 0 unspecified atom stereocenters. The van der Waals surface area contributed by atoms with Gasteiger partial charge in [-0.05, 0) is 0 Å². The molecule has 0 saturated carbocycles. The van der Waals surface area contributed by atoms with E-state index in [2.05, 4.69) is 186 Å². The molecule has 0 bridgehead atoms. The number of allylic oxidation sites excluding steroid dienone is 4. The van der Waals surface area contributed by atoms with E-state index in [1.54, 1.807) is 17.7 Å². The van der Waals surface area contributed by atoms with E-state index in [0.717, 1.165) is 6.42 Å². The number of rotatable bonds is 4. The van der Waals surface area contributed by atoms with Crippen molar-refractivity contribution in [1.29, 1.82) is 0 Å². The third kappa shape index (κ3) is 8.01. The van der Waals surface area contributed by atoms with Crippen LogP contribution in [0.4, 0.5) is 0 Å². The molecule has 0 N–H and O–H groups in total. The summed E-state index contributed by atoms with van der Waals surface area (Å²) in [7, 11) is 0. The van der Waals surface area contributed by atoms with Gasteiger partial charge < -0.3 is 24.8 Å². The summed E-state index contributed by atoms with van der Waals surface area (Å²) in [5, 5.41) is 0. The van der Waals surface area contributed by atoms with Crippen molar-refractivity contribution in [2.45, 2.75) is 115 Å². The molecule has 0 aromatic heterocycles. The van der Waals surface area contributed by atoms with Crippen LogP contribution in [-0.4, -0.2) is 3.26 Å². The number of halogens is 2. The Morgan fingerprint density at radius 1 is 0.500 bits per heavy atom. The standard InChI is InChI=1S/C21H25.C21H26.C5H5.2ClH.Hf/c1-20(2,3)16-7-9-18-14(12-16)11-15-13-17(21(4,5)6)8-10-19(15)18;1-20(2,3)18-11-7-16(8-12-18)15-17-9-13-19(14-10-17)21(4,5)6;1-2-4-5-3-1;;;/h7-13H,1-6H3;7-14H,1-6H3;1-3H,4H2;2*1H;/q;;;;;+2/p-2. The minimum absolute atomic E-state index is 0. The van der Waals surface area contributed by atoms with Gasteiger partial charge in [0.05, 0.1) is 0 Å². The Hall–Kier alpha value is -2.32. The van der Waals surface area contributed by atoms with E-state index in [1.807, 2.05) is 0 Å². The molecule has 0 aliphatic heterocycles. The minimum atomic E-state index is -3.05. The number of benzene rings is 4. The van der Waals surface area contributed by atoms with E-state index in [4.69, 9.17) is 0 Å². The topological polar surface area (TPSA) is 0 Å². The Morgan fingerprint density at radius 3 is 1.18 bits per heavy atom. The van der Waals surface area contributed by atoms with Gasteiger partial charge in [-0.3, -0.25) is 0 Å². The maximum absolute atomic E-state index is 3.05. The largest absolute Gasteiger partial charge is 1.00 e. The van der Waals surface area contributed by atoms with Crippen LogP contribution < -0.4 is 24.8 Å². The summed E-state index contributed by atoms with van der Waals surface area (Å²) in [6.45, 7) is 28.1. The predicted octanol–water partition coefficient (Wildman–Crippen LogP) is 6.69. The molecular formula is C47H56Cl2Hf. The van der Waals surface area contributed by atoms with Gasteiger partial charge in [0, 0.05) is 0 Å². The van der Waals surface area contributed by atoms with Gasteiger partial charge >= 0.3 is 301 Å². The smallest absolute Gasteiger partial charge is 1.00 e. The molecule has 262 valence electrons. The summed E-state index contributed by atoms with van der Waals surface area (Å²) in [5.74, 6) is 0. The Balaban J connectivity index is 0.00000281. The number of fused-ring (bicyclic) bond motifs is 3. The van der Waals surface area contributed by atoms with Gasteiger partial charge in [0.1, 0.15) is 0 Å². The van der Waals surface area contributed by atoms with E-state index < -0.39 is 21.0 Å². The third-order valence-electron chi connectivity index (χ3n) is 10.5. The molecular weight excluding hydrogens is 814 g/mol. The molecule has 0 saturated heterocycles. The van der Waals surface area contributed by atoms with Crippen molar-refractivity contribution >= 4 is 3.26 Å². The summed E-state index contributed by atoms with van der Waals surface area (Å²) < 4.78 is 3.76. The van der Waals surface area contributed by atoms with Crippen molar-refractivity contribution in [3.8, 4) is 11.1 Å². The summed E-state index contributed by atoms with van der Waals surface area (Å²) in [6, 6.07) is 34.3. The van der Waals surface area contributed by atoms with Crippen LogP contribution in [0.5, 0.6) is 0 Å². The molecule has 0 radical (unpaired) electrons. The van der Waals surface area contributed by atoms with Crippen LogP contribution in [0, 0.1) is 0 Å². The monoisotopic (exact) mass is 870 g/mol. The van der Waals surface area contributed by atoms with Gasteiger partial charge in [0.2, 0.25) is 0 Å². The molecule has 50 heavy (non-hydrogen) atoms. The van der Waals surface area contributed by atoms with Crippen molar-refractivity contribution in [3.05, 3.63) is 151 Å². The molecule has 6 rings (SSSR count). The molecule has 0 fully saturated rings. The van der Waals surface area contributed by atoms with E-state index in [1.165, 1.54) is 44.5 Å². The molecule has 4 aromatic rings. The molecule has 2 aliphatic rings. The fourth-order valence-electron chi connectivity index (χ4n) is 7.39. The fourth-order valence-corrected chi connectivity index (χ4v) is 20.5. The minimum Gasteiger partial charge on any atom is -1.00 e. The maximum atomic E-state index is 2.60. The first kappa shape index (κ1) is 40.5. The first-order valence-corrected chi connectivity index (χ1v) is 23.6. The molecule has 4 aromatic carbocycles. The Labute approximate surface area is 323 Å². The quantitative estimate of drug-likeness (QED) is 0.201. The van der Waals surface area contributed by atoms with Crippen LogP contribution in [0.25, 0.3) is 11.1 Å². The molecule has 3 heteroatoms. The van der Waals surface area contributed by atoms with E-state index in [-0.39, 0.29) is 46.5 Å². The van der Waals surface area contributed by atoms with E-state index in [9.17, 15) is 0 Å². The van der Waals surface area contributed by atoms with E-state index in [0.29, 0.717) is 3.67 Å². The Bertz CT molecular complexity index is 1820. The van der Waals surface area contributed by atoms with Crippen LogP contribution in [-0.2, 0) is 42.6 Å². The van der Waals surface area contributed by atoms with Crippen molar-refractivity contribution in [3.63, 3.8) is 0 Å². The Morgan fingerprint density at radius 2 is 0.860 bits per heavy atom. The molecule has 0 amide bonds. The molecule has 0 spiro atoms. The Kier molecular flexibility index (Phi) is 11.8. The summed E-state index contributed by atoms with van der Waals surface area (Å²) in [5.41, 5.74) is 14.9. The normalized spacial score (nSPS) is 14.2. The average molecular weight is 870 g/mol. The molecule has 0 heterocycles.